The van der Waals surface area contributed by atoms with Crippen molar-refractivity contribution in [3.8, 4) is 0 Å². The number of rotatable bonds is 69. The minimum absolute atomic E-state index is 0.102. The van der Waals surface area contributed by atoms with Gasteiger partial charge in [0, 0.05) is 25.7 Å². The number of aliphatic hydroxyl groups is 1. The fraction of sp³-hybridized carbons (Fsp3) is 0.944. The molecule has 3 N–H and O–H groups in total. The molecule has 4 unspecified atom stereocenters. The molecular weight excluding hydrogens is 1200 g/mol. The van der Waals surface area contributed by atoms with Gasteiger partial charge in [0.05, 0.1) is 26.4 Å². The number of carbonyl (C=O) groups excluding carboxylic acids is 4. The molecule has 0 bridgehead atoms. The van der Waals surface area contributed by atoms with Gasteiger partial charge in [0.25, 0.3) is 0 Å². The Kier molecular flexibility index (Phi) is 60.3. The van der Waals surface area contributed by atoms with Crippen LogP contribution in [0.3, 0.4) is 0 Å². The fourth-order valence-corrected chi connectivity index (χ4v) is 12.4. The van der Waals surface area contributed by atoms with E-state index in [0.29, 0.717) is 37.5 Å². The third-order valence-corrected chi connectivity index (χ3v) is 18.8. The topological polar surface area (TPSA) is 237 Å². The largest absolute Gasteiger partial charge is 0.472 e. The summed E-state index contributed by atoms with van der Waals surface area (Å²) < 4.78 is 68.3. The summed E-state index contributed by atoms with van der Waals surface area (Å²) >= 11 is 0. The van der Waals surface area contributed by atoms with Crippen LogP contribution < -0.4 is 0 Å². The van der Waals surface area contributed by atoms with Gasteiger partial charge in [0.15, 0.2) is 12.2 Å². The van der Waals surface area contributed by atoms with E-state index in [0.717, 1.165) is 108 Å². The maximum Gasteiger partial charge on any atom is 0.472 e. The molecule has 0 radical (unpaired) electrons. The smallest absolute Gasteiger partial charge is 0.462 e. The van der Waals surface area contributed by atoms with E-state index in [-0.39, 0.29) is 25.7 Å². The summed E-state index contributed by atoms with van der Waals surface area (Å²) in [5, 5.41) is 10.6. The van der Waals surface area contributed by atoms with E-state index < -0.39 is 97.5 Å². The molecule has 0 aliphatic heterocycles. The third-order valence-electron chi connectivity index (χ3n) is 16.9. The van der Waals surface area contributed by atoms with Gasteiger partial charge in [-0.05, 0) is 49.4 Å². The zero-order valence-corrected chi connectivity index (χ0v) is 61.3. The average Bonchev–Trinajstić information content (AvgIpc) is 3.02. The van der Waals surface area contributed by atoms with Crippen molar-refractivity contribution in [3.05, 3.63) is 0 Å². The van der Waals surface area contributed by atoms with Gasteiger partial charge in [0.2, 0.25) is 0 Å². The molecule has 91 heavy (non-hydrogen) atoms. The van der Waals surface area contributed by atoms with Crippen LogP contribution in [0.25, 0.3) is 0 Å². The van der Waals surface area contributed by atoms with Gasteiger partial charge in [-0.3, -0.25) is 37.3 Å². The summed E-state index contributed by atoms with van der Waals surface area (Å²) in [5.74, 6) is 0.860. The van der Waals surface area contributed by atoms with Crippen LogP contribution in [0, 0.1) is 23.7 Å². The Morgan fingerprint density at radius 2 is 0.527 bits per heavy atom. The number of aliphatic hydroxyl groups excluding tert-OH is 1. The number of ether oxygens (including phenoxy) is 4. The molecule has 17 nitrogen and oxygen atoms in total. The number of carbonyl (C=O) groups is 4. The van der Waals surface area contributed by atoms with Gasteiger partial charge in [-0.25, -0.2) is 9.13 Å². The molecule has 0 aliphatic rings. The van der Waals surface area contributed by atoms with E-state index >= 15 is 0 Å². The summed E-state index contributed by atoms with van der Waals surface area (Å²) in [4.78, 5) is 72.5. The Morgan fingerprint density at radius 3 is 0.780 bits per heavy atom. The number of phosphoric ester groups is 2. The van der Waals surface area contributed by atoms with Gasteiger partial charge in [-0.1, -0.05) is 306 Å². The zero-order chi connectivity index (χ0) is 67.5. The summed E-state index contributed by atoms with van der Waals surface area (Å²) in [6.07, 6.45) is 44.7. The Hall–Kier alpha value is -1.94. The second kappa shape index (κ2) is 61.6. The van der Waals surface area contributed by atoms with Crippen LogP contribution in [0.4, 0.5) is 0 Å². The summed E-state index contributed by atoms with van der Waals surface area (Å²) in [6.45, 7) is 14.1. The Balaban J connectivity index is 5.19. The van der Waals surface area contributed by atoms with Gasteiger partial charge in [-0.15, -0.1) is 0 Å². The number of unbranched alkanes of at least 4 members (excludes halogenated alkanes) is 34. The molecule has 0 heterocycles. The molecule has 19 heteroatoms. The lowest BCUT2D eigenvalue weighted by molar-refractivity contribution is -0.161. The van der Waals surface area contributed by atoms with Crippen LogP contribution in [0.1, 0.15) is 357 Å². The van der Waals surface area contributed by atoms with Gasteiger partial charge in [0.1, 0.15) is 19.3 Å². The maximum atomic E-state index is 13.0. The molecule has 0 saturated heterocycles. The molecule has 0 aliphatic carbocycles. The maximum absolute atomic E-state index is 13.0. The van der Waals surface area contributed by atoms with Crippen molar-refractivity contribution in [2.75, 3.05) is 39.6 Å². The van der Waals surface area contributed by atoms with Crippen LogP contribution in [-0.2, 0) is 65.4 Å². The first-order valence-corrected chi connectivity index (χ1v) is 40.2. The van der Waals surface area contributed by atoms with Crippen molar-refractivity contribution in [3.63, 3.8) is 0 Å². The highest BCUT2D eigenvalue weighted by atomic mass is 31.2. The first-order valence-electron chi connectivity index (χ1n) is 37.2. The van der Waals surface area contributed by atoms with Crippen LogP contribution in [0.15, 0.2) is 0 Å². The van der Waals surface area contributed by atoms with E-state index in [1.165, 1.54) is 154 Å². The van der Waals surface area contributed by atoms with Gasteiger partial charge < -0.3 is 33.8 Å². The quantitative estimate of drug-likeness (QED) is 0.0222. The predicted molar refractivity (Wildman–Crippen MR) is 367 cm³/mol. The molecule has 0 fully saturated rings. The highest BCUT2D eigenvalue weighted by Gasteiger charge is 2.30. The van der Waals surface area contributed by atoms with E-state index in [4.69, 9.17) is 37.0 Å². The van der Waals surface area contributed by atoms with Gasteiger partial charge in [-0.2, -0.15) is 0 Å². The van der Waals surface area contributed by atoms with Crippen molar-refractivity contribution >= 4 is 39.5 Å². The highest BCUT2D eigenvalue weighted by Crippen LogP contribution is 2.45. The predicted octanol–water partition coefficient (Wildman–Crippen LogP) is 20.5. The Morgan fingerprint density at radius 1 is 0.308 bits per heavy atom. The molecular formula is C72H140O17P2. The molecule has 0 aromatic carbocycles. The molecule has 6 atom stereocenters. The normalized spacial score (nSPS) is 14.5. The molecule has 0 aromatic heterocycles. The minimum atomic E-state index is -4.95. The van der Waals surface area contributed by atoms with Crippen LogP contribution in [-0.4, -0.2) is 96.7 Å². The van der Waals surface area contributed by atoms with Crippen LogP contribution >= 0.6 is 15.6 Å². The first kappa shape index (κ1) is 89.1. The summed E-state index contributed by atoms with van der Waals surface area (Å²) in [6, 6.07) is 0. The average molecular weight is 1340 g/mol. The van der Waals surface area contributed by atoms with Crippen molar-refractivity contribution in [1.82, 2.24) is 0 Å². The van der Waals surface area contributed by atoms with Gasteiger partial charge >= 0.3 is 39.5 Å². The minimum Gasteiger partial charge on any atom is -0.462 e. The lowest BCUT2D eigenvalue weighted by atomic mass is 9.99. The van der Waals surface area contributed by atoms with Crippen molar-refractivity contribution in [1.29, 1.82) is 0 Å². The zero-order valence-electron chi connectivity index (χ0n) is 59.5. The molecule has 0 spiro atoms. The summed E-state index contributed by atoms with van der Waals surface area (Å²) in [7, 11) is -9.90. The van der Waals surface area contributed by atoms with E-state index in [9.17, 15) is 43.2 Å². The van der Waals surface area contributed by atoms with E-state index in [1.54, 1.807) is 0 Å². The monoisotopic (exact) mass is 1340 g/mol. The van der Waals surface area contributed by atoms with Crippen molar-refractivity contribution in [2.24, 2.45) is 23.7 Å². The fourth-order valence-electron chi connectivity index (χ4n) is 10.8. The number of esters is 4. The number of hydrogen-bond acceptors (Lipinski definition) is 15. The molecule has 0 aromatic rings. The van der Waals surface area contributed by atoms with E-state index in [1.807, 2.05) is 0 Å². The van der Waals surface area contributed by atoms with Crippen LogP contribution in [0.2, 0.25) is 0 Å². The second-order valence-electron chi connectivity index (χ2n) is 27.6. The van der Waals surface area contributed by atoms with Crippen molar-refractivity contribution < 1.29 is 80.2 Å². The van der Waals surface area contributed by atoms with Crippen LogP contribution in [0.5, 0.6) is 0 Å². The number of hydrogen-bond donors (Lipinski definition) is 3. The molecule has 0 rings (SSSR count). The number of phosphoric acid groups is 2. The SMILES string of the molecule is CCC(C)CCCCCCCCCCCCCCCCC(=O)O[C@H](COC(=O)CCCCCCCCCC(C)C)COP(=O)(O)OCC(O)COP(=O)(O)OC[C@@H](COC(=O)CCCCCCCCCCCCCC(C)C)OC(=O)CCCCCCCCC(C)C. The highest BCUT2D eigenvalue weighted by molar-refractivity contribution is 7.47. The Labute approximate surface area is 556 Å². The lowest BCUT2D eigenvalue weighted by Crippen LogP contribution is -2.30. The van der Waals surface area contributed by atoms with E-state index in [2.05, 4.69) is 55.4 Å². The first-order chi connectivity index (χ1) is 43.6. The molecule has 540 valence electrons. The summed E-state index contributed by atoms with van der Waals surface area (Å²) in [5.41, 5.74) is 0. The molecule has 0 saturated carbocycles. The molecule has 0 amide bonds. The standard InChI is InChI=1S/C72H140O17P2/c1-9-65(8)51-43-35-26-20-16-12-10-11-13-17-22-28-38-46-54-71(76)88-67(58-83-70(75)53-45-37-29-23-25-33-41-49-63(4)5)60-86-90(78,79)84-56-66(73)57-85-91(80,81)87-61-68(89-72(77)55-47-39-31-30-34-42-50-64(6)7)59-82-69(74)52-44-36-27-21-18-14-15-19-24-32-40-48-62(2)3/h62-68,73H,9-61H2,1-8H3,(H,78,79)(H,80,81)/t65?,66?,67-,68-/m1/s1. The second-order valence-corrected chi connectivity index (χ2v) is 30.6. The third kappa shape index (κ3) is 65.1. The Bertz CT molecular complexity index is 1800. The van der Waals surface area contributed by atoms with Crippen molar-refractivity contribution in [2.45, 2.75) is 375 Å². The lowest BCUT2D eigenvalue weighted by Gasteiger charge is -2.21.